The van der Waals surface area contributed by atoms with Crippen LogP contribution in [-0.4, -0.2) is 21.2 Å². The number of unbranched alkanes of at least 4 members (excludes halogenated alkanes) is 1. The van der Waals surface area contributed by atoms with Crippen molar-refractivity contribution in [3.63, 3.8) is 0 Å². The van der Waals surface area contributed by atoms with Crippen molar-refractivity contribution in [3.8, 4) is 5.75 Å². The summed E-state index contributed by atoms with van der Waals surface area (Å²) in [5.74, 6) is 0.0627. The number of aromatic nitrogens is 2. The lowest BCUT2D eigenvalue weighted by molar-refractivity contribution is -0.115. The predicted octanol–water partition coefficient (Wildman–Crippen LogP) is 2.77. The molecule has 0 aliphatic heterocycles. The largest absolute Gasteiger partial charge is 0.508 e. The maximum atomic E-state index is 11.9. The number of phenolic OH excluding ortho intramolecular Hbond substituents is 1. The SMILES string of the molecule is CCCCc1nnc(NC(=O)Cc2ccc(O)cc2)s1. The smallest absolute Gasteiger partial charge is 0.230 e. The summed E-state index contributed by atoms with van der Waals surface area (Å²) in [6, 6.07) is 6.58. The molecule has 0 saturated carbocycles. The number of hydrogen-bond acceptors (Lipinski definition) is 5. The highest BCUT2D eigenvalue weighted by atomic mass is 32.1. The van der Waals surface area contributed by atoms with Crippen molar-refractivity contribution in [3.05, 3.63) is 34.8 Å². The van der Waals surface area contributed by atoms with Crippen molar-refractivity contribution in [2.75, 3.05) is 5.32 Å². The Balaban J connectivity index is 1.87. The standard InChI is InChI=1S/C14H17N3O2S/c1-2-3-4-13-16-17-14(20-13)15-12(19)9-10-5-7-11(18)8-6-10/h5-8,18H,2-4,9H2,1H3,(H,15,17,19). The molecular weight excluding hydrogens is 274 g/mol. The Hall–Kier alpha value is -1.95. The molecule has 6 heteroatoms. The third kappa shape index (κ3) is 4.31. The van der Waals surface area contributed by atoms with Crippen molar-refractivity contribution < 1.29 is 9.90 Å². The van der Waals surface area contributed by atoms with Gasteiger partial charge in [0.05, 0.1) is 6.42 Å². The van der Waals surface area contributed by atoms with Gasteiger partial charge in [0, 0.05) is 6.42 Å². The Kier molecular flexibility index (Phi) is 5.06. The Bertz CT molecular complexity index is 566. The molecule has 0 fully saturated rings. The van der Waals surface area contributed by atoms with Crippen LogP contribution in [-0.2, 0) is 17.6 Å². The molecule has 2 N–H and O–H groups in total. The Morgan fingerprint density at radius 1 is 1.30 bits per heavy atom. The molecule has 1 heterocycles. The highest BCUT2D eigenvalue weighted by Crippen LogP contribution is 2.17. The molecule has 0 aliphatic carbocycles. The number of rotatable bonds is 6. The van der Waals surface area contributed by atoms with Gasteiger partial charge >= 0.3 is 0 Å². The van der Waals surface area contributed by atoms with Crippen molar-refractivity contribution in [1.82, 2.24) is 10.2 Å². The summed E-state index contributed by atoms with van der Waals surface area (Å²) in [5, 5.41) is 21.4. The average molecular weight is 291 g/mol. The van der Waals surface area contributed by atoms with Gasteiger partial charge in [0.1, 0.15) is 10.8 Å². The topological polar surface area (TPSA) is 75.1 Å². The zero-order valence-corrected chi connectivity index (χ0v) is 12.1. The van der Waals surface area contributed by atoms with Crippen LogP contribution in [0.3, 0.4) is 0 Å². The number of carbonyl (C=O) groups excluding carboxylic acids is 1. The van der Waals surface area contributed by atoms with Crippen molar-refractivity contribution >= 4 is 22.4 Å². The minimum Gasteiger partial charge on any atom is -0.508 e. The van der Waals surface area contributed by atoms with Crippen molar-refractivity contribution in [2.45, 2.75) is 32.6 Å². The van der Waals surface area contributed by atoms with E-state index in [0.717, 1.165) is 29.8 Å². The second-order valence-electron chi connectivity index (χ2n) is 4.50. The lowest BCUT2D eigenvalue weighted by Crippen LogP contribution is -2.14. The first-order chi connectivity index (χ1) is 9.67. The van der Waals surface area contributed by atoms with E-state index >= 15 is 0 Å². The van der Waals surface area contributed by atoms with Gasteiger partial charge in [-0.05, 0) is 24.1 Å². The van der Waals surface area contributed by atoms with E-state index in [1.54, 1.807) is 24.3 Å². The van der Waals surface area contributed by atoms with Crippen LogP contribution in [0, 0.1) is 0 Å². The molecule has 0 unspecified atom stereocenters. The zero-order valence-electron chi connectivity index (χ0n) is 11.3. The van der Waals surface area contributed by atoms with Crippen LogP contribution >= 0.6 is 11.3 Å². The highest BCUT2D eigenvalue weighted by Gasteiger charge is 2.08. The van der Waals surface area contributed by atoms with E-state index < -0.39 is 0 Å². The number of hydrogen-bond donors (Lipinski definition) is 2. The first kappa shape index (κ1) is 14.5. The van der Waals surface area contributed by atoms with Crippen molar-refractivity contribution in [2.24, 2.45) is 0 Å². The molecule has 0 atom stereocenters. The molecule has 2 aromatic rings. The second-order valence-corrected chi connectivity index (χ2v) is 5.56. The number of aromatic hydroxyl groups is 1. The van der Waals surface area contributed by atoms with Gasteiger partial charge in [0.15, 0.2) is 0 Å². The number of nitrogens with one attached hydrogen (secondary N) is 1. The number of aryl methyl sites for hydroxylation is 1. The van der Waals surface area contributed by atoms with Gasteiger partial charge in [-0.25, -0.2) is 0 Å². The lowest BCUT2D eigenvalue weighted by atomic mass is 10.1. The van der Waals surface area contributed by atoms with Gasteiger partial charge in [0.2, 0.25) is 11.0 Å². The summed E-state index contributed by atoms with van der Waals surface area (Å²) in [7, 11) is 0. The maximum Gasteiger partial charge on any atom is 0.230 e. The molecule has 2 rings (SSSR count). The Morgan fingerprint density at radius 2 is 2.05 bits per heavy atom. The summed E-state index contributed by atoms with van der Waals surface area (Å²) in [6.07, 6.45) is 3.35. The fraction of sp³-hybridized carbons (Fsp3) is 0.357. The van der Waals surface area contributed by atoms with Gasteiger partial charge < -0.3 is 10.4 Å². The molecule has 0 bridgehead atoms. The van der Waals surface area contributed by atoms with E-state index in [-0.39, 0.29) is 18.1 Å². The Labute approximate surface area is 121 Å². The van der Waals surface area contributed by atoms with Crippen LogP contribution < -0.4 is 5.32 Å². The molecule has 0 saturated heterocycles. The normalized spacial score (nSPS) is 10.4. The molecule has 20 heavy (non-hydrogen) atoms. The van der Waals surface area contributed by atoms with E-state index in [0.29, 0.717) is 5.13 Å². The van der Waals surface area contributed by atoms with Gasteiger partial charge in [-0.2, -0.15) is 0 Å². The van der Waals surface area contributed by atoms with Crippen LogP contribution in [0.25, 0.3) is 0 Å². The predicted molar refractivity (Wildman–Crippen MR) is 79.0 cm³/mol. The van der Waals surface area contributed by atoms with E-state index in [2.05, 4.69) is 22.4 Å². The molecule has 1 aromatic heterocycles. The van der Waals surface area contributed by atoms with Gasteiger partial charge in [-0.3, -0.25) is 4.79 Å². The summed E-state index contributed by atoms with van der Waals surface area (Å²) >= 11 is 1.42. The molecule has 0 radical (unpaired) electrons. The van der Waals surface area contributed by atoms with E-state index in [1.807, 2.05) is 0 Å². The van der Waals surface area contributed by atoms with Crippen molar-refractivity contribution in [1.29, 1.82) is 0 Å². The van der Waals surface area contributed by atoms with Crippen LogP contribution in [0.15, 0.2) is 24.3 Å². The quantitative estimate of drug-likeness (QED) is 0.858. The average Bonchev–Trinajstić information content (AvgIpc) is 2.86. The van der Waals surface area contributed by atoms with E-state index in [1.165, 1.54) is 11.3 Å². The molecule has 1 aromatic carbocycles. The number of carbonyl (C=O) groups is 1. The number of amides is 1. The van der Waals surface area contributed by atoms with Crippen LogP contribution in [0.5, 0.6) is 5.75 Å². The molecule has 0 aliphatic rings. The van der Waals surface area contributed by atoms with E-state index in [9.17, 15) is 9.90 Å². The monoisotopic (exact) mass is 291 g/mol. The molecule has 1 amide bonds. The summed E-state index contributed by atoms with van der Waals surface area (Å²) in [4.78, 5) is 11.9. The number of benzene rings is 1. The van der Waals surface area contributed by atoms with E-state index in [4.69, 9.17) is 0 Å². The van der Waals surface area contributed by atoms with Crippen LogP contribution in [0.4, 0.5) is 5.13 Å². The maximum absolute atomic E-state index is 11.9. The molecule has 5 nitrogen and oxygen atoms in total. The third-order valence-electron chi connectivity index (χ3n) is 2.76. The van der Waals surface area contributed by atoms with Crippen LogP contribution in [0.2, 0.25) is 0 Å². The highest BCUT2D eigenvalue weighted by molar-refractivity contribution is 7.15. The first-order valence-electron chi connectivity index (χ1n) is 6.57. The molecule has 0 spiro atoms. The Morgan fingerprint density at radius 3 is 2.75 bits per heavy atom. The zero-order chi connectivity index (χ0) is 14.4. The van der Waals surface area contributed by atoms with Gasteiger partial charge in [-0.15, -0.1) is 10.2 Å². The minimum absolute atomic E-state index is 0.131. The number of nitrogens with zero attached hydrogens (tertiary/aromatic N) is 2. The fourth-order valence-corrected chi connectivity index (χ4v) is 2.49. The van der Waals surface area contributed by atoms with Gasteiger partial charge in [-0.1, -0.05) is 36.8 Å². The number of phenols is 1. The minimum atomic E-state index is -0.131. The fourth-order valence-electron chi connectivity index (χ4n) is 1.70. The second kappa shape index (κ2) is 7.00. The molecule has 106 valence electrons. The van der Waals surface area contributed by atoms with Gasteiger partial charge in [0.25, 0.3) is 0 Å². The first-order valence-corrected chi connectivity index (χ1v) is 7.39. The summed E-state index contributed by atoms with van der Waals surface area (Å²) in [5.41, 5.74) is 0.844. The molecular formula is C14H17N3O2S. The summed E-state index contributed by atoms with van der Waals surface area (Å²) in [6.45, 7) is 2.13. The van der Waals surface area contributed by atoms with Crippen LogP contribution in [0.1, 0.15) is 30.3 Å². The lowest BCUT2D eigenvalue weighted by Gasteiger charge is -2.01. The number of anilines is 1. The third-order valence-corrected chi connectivity index (χ3v) is 3.66. The summed E-state index contributed by atoms with van der Waals surface area (Å²) < 4.78 is 0.